The van der Waals surface area contributed by atoms with Gasteiger partial charge in [-0.25, -0.2) is 8.78 Å². The Morgan fingerprint density at radius 2 is 1.82 bits per heavy atom. The van der Waals surface area contributed by atoms with Crippen molar-refractivity contribution in [2.45, 2.75) is 6.61 Å². The van der Waals surface area contributed by atoms with Crippen molar-refractivity contribution in [3.05, 3.63) is 64.1 Å². The fourth-order valence-corrected chi connectivity index (χ4v) is 2.51. The van der Waals surface area contributed by atoms with Crippen molar-refractivity contribution >= 4 is 15.9 Å². The molecule has 0 saturated carbocycles. The summed E-state index contributed by atoms with van der Waals surface area (Å²) in [7, 11) is 0. The Hall–Kier alpha value is -2.05. The van der Waals surface area contributed by atoms with E-state index in [9.17, 15) is 13.9 Å². The van der Waals surface area contributed by atoms with Crippen LogP contribution in [0.5, 0.6) is 0 Å². The first-order valence-corrected chi connectivity index (χ1v) is 7.20. The molecule has 22 heavy (non-hydrogen) atoms. The van der Waals surface area contributed by atoms with Crippen LogP contribution in [0.2, 0.25) is 0 Å². The average molecular weight is 366 g/mol. The first kappa shape index (κ1) is 14.9. The summed E-state index contributed by atoms with van der Waals surface area (Å²) in [4.78, 5) is 0. The van der Waals surface area contributed by atoms with Crippen molar-refractivity contribution < 1.29 is 18.4 Å². The number of halogens is 3. The number of benzene rings is 2. The highest BCUT2D eigenvalue weighted by molar-refractivity contribution is 9.10. The molecule has 0 unspecified atom stereocenters. The summed E-state index contributed by atoms with van der Waals surface area (Å²) in [6.07, 6.45) is 0. The van der Waals surface area contributed by atoms with Gasteiger partial charge in [-0.15, -0.1) is 0 Å². The van der Waals surface area contributed by atoms with Gasteiger partial charge in [0.25, 0.3) is 0 Å². The van der Waals surface area contributed by atoms with Crippen LogP contribution < -0.4 is 0 Å². The fourth-order valence-electron chi connectivity index (χ4n) is 2.18. The topological polar surface area (TPSA) is 46.3 Å². The molecular formula is C16H10BrF2NO2. The Labute approximate surface area is 133 Å². The molecule has 0 aliphatic heterocycles. The minimum Gasteiger partial charge on any atom is -0.391 e. The van der Waals surface area contributed by atoms with Crippen molar-refractivity contribution in [2.24, 2.45) is 0 Å². The number of aliphatic hydroxyl groups is 1. The van der Waals surface area contributed by atoms with Crippen LogP contribution >= 0.6 is 15.9 Å². The highest BCUT2D eigenvalue weighted by Crippen LogP contribution is 2.34. The van der Waals surface area contributed by atoms with Gasteiger partial charge in [0, 0.05) is 10.0 Å². The van der Waals surface area contributed by atoms with Crippen LogP contribution in [-0.4, -0.2) is 10.3 Å². The molecular weight excluding hydrogens is 356 g/mol. The van der Waals surface area contributed by atoms with Gasteiger partial charge in [-0.2, -0.15) is 0 Å². The molecule has 0 atom stereocenters. The molecule has 0 radical (unpaired) electrons. The van der Waals surface area contributed by atoms with Crippen LogP contribution in [0.25, 0.3) is 22.6 Å². The average Bonchev–Trinajstić information content (AvgIpc) is 2.91. The highest BCUT2D eigenvalue weighted by Gasteiger charge is 2.20. The molecule has 0 spiro atoms. The van der Waals surface area contributed by atoms with E-state index in [2.05, 4.69) is 21.1 Å². The summed E-state index contributed by atoms with van der Waals surface area (Å²) in [6.45, 7) is -0.374. The lowest BCUT2D eigenvalue weighted by molar-refractivity contribution is 0.281. The van der Waals surface area contributed by atoms with Crippen LogP contribution in [0.3, 0.4) is 0 Å². The van der Waals surface area contributed by atoms with Gasteiger partial charge in [-0.05, 0) is 42.5 Å². The molecule has 0 bridgehead atoms. The third-order valence-corrected chi connectivity index (χ3v) is 3.73. The van der Waals surface area contributed by atoms with E-state index >= 15 is 0 Å². The van der Waals surface area contributed by atoms with Crippen LogP contribution in [0.15, 0.2) is 51.5 Å². The maximum Gasteiger partial charge on any atom is 0.175 e. The van der Waals surface area contributed by atoms with Crippen molar-refractivity contribution in [3.8, 4) is 22.6 Å². The van der Waals surface area contributed by atoms with Gasteiger partial charge in [0.05, 0.1) is 17.7 Å². The van der Waals surface area contributed by atoms with Crippen LogP contribution in [-0.2, 0) is 6.61 Å². The second-order valence-corrected chi connectivity index (χ2v) is 5.54. The van der Waals surface area contributed by atoms with Crippen molar-refractivity contribution in [1.29, 1.82) is 0 Å². The Bertz CT molecular complexity index is 816. The lowest BCUT2D eigenvalue weighted by Crippen LogP contribution is -1.91. The smallest absolute Gasteiger partial charge is 0.175 e. The van der Waals surface area contributed by atoms with E-state index in [-0.39, 0.29) is 23.7 Å². The number of nitrogens with zero attached hydrogens (tertiary/aromatic N) is 1. The zero-order valence-electron chi connectivity index (χ0n) is 11.2. The van der Waals surface area contributed by atoms with E-state index in [1.165, 1.54) is 36.4 Å². The number of hydrogen-bond donors (Lipinski definition) is 1. The van der Waals surface area contributed by atoms with Crippen LogP contribution in [0, 0.1) is 11.6 Å². The van der Waals surface area contributed by atoms with Gasteiger partial charge in [0.15, 0.2) is 5.76 Å². The second kappa shape index (κ2) is 5.98. The molecule has 2 aromatic carbocycles. The molecule has 6 heteroatoms. The molecule has 0 aliphatic carbocycles. The Morgan fingerprint density at radius 1 is 1.09 bits per heavy atom. The SMILES string of the molecule is OCc1c(-c2ccc(F)cc2)noc1-c1ccc(Br)cc1F. The molecule has 1 heterocycles. The Kier molecular flexibility index (Phi) is 4.04. The quantitative estimate of drug-likeness (QED) is 0.740. The highest BCUT2D eigenvalue weighted by atomic mass is 79.9. The van der Waals surface area contributed by atoms with Gasteiger partial charge in [-0.3, -0.25) is 0 Å². The second-order valence-electron chi connectivity index (χ2n) is 4.63. The zero-order chi connectivity index (χ0) is 15.7. The summed E-state index contributed by atoms with van der Waals surface area (Å²) in [6, 6.07) is 10.1. The molecule has 3 nitrogen and oxygen atoms in total. The summed E-state index contributed by atoms with van der Waals surface area (Å²) < 4.78 is 32.9. The van der Waals surface area contributed by atoms with E-state index in [0.29, 0.717) is 21.3 Å². The predicted octanol–water partition coefficient (Wildman–Crippen LogP) is 4.54. The third kappa shape index (κ3) is 2.67. The number of aromatic nitrogens is 1. The summed E-state index contributed by atoms with van der Waals surface area (Å²) in [5, 5.41) is 13.5. The van der Waals surface area contributed by atoms with Gasteiger partial charge in [0.2, 0.25) is 0 Å². The lowest BCUT2D eigenvalue weighted by atomic mass is 10.0. The van der Waals surface area contributed by atoms with Gasteiger partial charge in [0.1, 0.15) is 17.3 Å². The number of rotatable bonds is 3. The molecule has 1 N–H and O–H groups in total. The molecule has 3 rings (SSSR count). The standard InChI is InChI=1S/C16H10BrF2NO2/c17-10-3-6-12(14(19)7-10)16-13(8-21)15(20-22-16)9-1-4-11(18)5-2-9/h1-7,21H,8H2. The number of hydrogen-bond acceptors (Lipinski definition) is 3. The lowest BCUT2D eigenvalue weighted by Gasteiger charge is -2.03. The maximum atomic E-state index is 14.1. The van der Waals surface area contributed by atoms with E-state index in [1.807, 2.05) is 0 Å². The van der Waals surface area contributed by atoms with Crippen molar-refractivity contribution in [2.75, 3.05) is 0 Å². The first-order chi connectivity index (χ1) is 10.6. The largest absolute Gasteiger partial charge is 0.391 e. The minimum atomic E-state index is -0.495. The van der Waals surface area contributed by atoms with Crippen LogP contribution in [0.1, 0.15) is 5.56 Å². The van der Waals surface area contributed by atoms with Gasteiger partial charge < -0.3 is 9.63 Å². The predicted molar refractivity (Wildman–Crippen MR) is 80.9 cm³/mol. The molecule has 3 aromatic rings. The Morgan fingerprint density at radius 3 is 2.45 bits per heavy atom. The summed E-state index contributed by atoms with van der Waals surface area (Å²) in [5.74, 6) is -0.713. The van der Waals surface area contributed by atoms with Gasteiger partial charge >= 0.3 is 0 Å². The fraction of sp³-hybridized carbons (Fsp3) is 0.0625. The number of aliphatic hydroxyl groups excluding tert-OH is 1. The van der Waals surface area contributed by atoms with E-state index in [0.717, 1.165) is 0 Å². The van der Waals surface area contributed by atoms with E-state index in [4.69, 9.17) is 4.52 Å². The maximum absolute atomic E-state index is 14.1. The van der Waals surface area contributed by atoms with Crippen molar-refractivity contribution in [3.63, 3.8) is 0 Å². The molecule has 0 saturated heterocycles. The van der Waals surface area contributed by atoms with Crippen LogP contribution in [0.4, 0.5) is 8.78 Å². The minimum absolute atomic E-state index is 0.159. The van der Waals surface area contributed by atoms with Gasteiger partial charge in [-0.1, -0.05) is 21.1 Å². The normalized spacial score (nSPS) is 10.9. The summed E-state index contributed by atoms with van der Waals surface area (Å²) in [5.41, 5.74) is 1.50. The molecule has 112 valence electrons. The molecule has 0 amide bonds. The third-order valence-electron chi connectivity index (χ3n) is 3.24. The molecule has 1 aromatic heterocycles. The first-order valence-electron chi connectivity index (χ1n) is 6.41. The summed E-state index contributed by atoms with van der Waals surface area (Å²) >= 11 is 3.18. The van der Waals surface area contributed by atoms with E-state index < -0.39 is 5.82 Å². The van der Waals surface area contributed by atoms with Crippen molar-refractivity contribution in [1.82, 2.24) is 5.16 Å². The Balaban J connectivity index is 2.13. The van der Waals surface area contributed by atoms with E-state index in [1.54, 1.807) is 6.07 Å². The zero-order valence-corrected chi connectivity index (χ0v) is 12.8. The molecule has 0 aliphatic rings. The monoisotopic (exact) mass is 365 g/mol. The molecule has 0 fully saturated rings.